The van der Waals surface area contributed by atoms with Crippen LogP contribution in [0.1, 0.15) is 24.1 Å². The lowest BCUT2D eigenvalue weighted by molar-refractivity contribution is -0.144. The third-order valence-electron chi connectivity index (χ3n) is 5.53. The summed E-state index contributed by atoms with van der Waals surface area (Å²) in [5.41, 5.74) is 0. The van der Waals surface area contributed by atoms with E-state index >= 15 is 0 Å². The number of piperidine rings is 2. The molecule has 0 aliphatic carbocycles. The molecule has 138 valence electrons. The van der Waals surface area contributed by atoms with Gasteiger partial charge in [0, 0.05) is 49.4 Å². The van der Waals surface area contributed by atoms with E-state index in [1.54, 1.807) is 22.2 Å². The number of fused-ring (bicyclic) bond motifs is 1. The predicted octanol–water partition coefficient (Wildman–Crippen LogP) is 2.03. The van der Waals surface area contributed by atoms with Crippen LogP contribution in [0.3, 0.4) is 0 Å². The topological polar surface area (TPSA) is 58.4 Å². The number of hydrogen-bond acceptors (Lipinski definition) is 4. The van der Waals surface area contributed by atoms with Gasteiger partial charge in [0.25, 0.3) is 0 Å². The van der Waals surface area contributed by atoms with Gasteiger partial charge in [-0.1, -0.05) is 6.07 Å². The van der Waals surface area contributed by atoms with Crippen LogP contribution in [0.15, 0.2) is 36.0 Å². The third kappa shape index (κ3) is 3.67. The van der Waals surface area contributed by atoms with Crippen LogP contribution in [-0.4, -0.2) is 57.1 Å². The molecule has 0 radical (unpaired) electrons. The predicted molar refractivity (Wildman–Crippen MR) is 99.7 cm³/mol. The van der Waals surface area contributed by atoms with Crippen molar-refractivity contribution in [1.29, 1.82) is 0 Å². The summed E-state index contributed by atoms with van der Waals surface area (Å²) in [6.45, 7) is 2.57. The number of hydrogen-bond donors (Lipinski definition) is 0. The van der Waals surface area contributed by atoms with Crippen molar-refractivity contribution in [2.24, 2.45) is 5.92 Å². The second-order valence-corrected chi connectivity index (χ2v) is 8.15. The van der Waals surface area contributed by atoms with Crippen LogP contribution in [0.25, 0.3) is 0 Å². The van der Waals surface area contributed by atoms with E-state index in [1.807, 2.05) is 17.2 Å². The summed E-state index contributed by atoms with van der Waals surface area (Å²) in [6, 6.07) is 6.31. The van der Waals surface area contributed by atoms with E-state index in [9.17, 15) is 9.59 Å². The summed E-state index contributed by atoms with van der Waals surface area (Å²) in [5, 5.41) is 6.20. The highest BCUT2D eigenvalue weighted by Gasteiger charge is 2.40. The van der Waals surface area contributed by atoms with E-state index in [-0.39, 0.29) is 17.9 Å². The Bertz CT molecular complexity index is 744. The molecule has 26 heavy (non-hydrogen) atoms. The minimum atomic E-state index is 0.120. The largest absolute Gasteiger partial charge is 0.341 e. The lowest BCUT2D eigenvalue weighted by atomic mass is 9.83. The monoisotopic (exact) mass is 372 g/mol. The Labute approximate surface area is 157 Å². The molecule has 0 spiro atoms. The van der Waals surface area contributed by atoms with Gasteiger partial charge in [-0.2, -0.15) is 5.10 Å². The van der Waals surface area contributed by atoms with Gasteiger partial charge in [0.15, 0.2) is 0 Å². The van der Waals surface area contributed by atoms with Gasteiger partial charge in [-0.05, 0) is 42.7 Å². The van der Waals surface area contributed by atoms with Gasteiger partial charge in [0.2, 0.25) is 11.8 Å². The second-order valence-electron chi connectivity index (χ2n) is 7.11. The highest BCUT2D eigenvalue weighted by atomic mass is 32.1. The van der Waals surface area contributed by atoms with Crippen molar-refractivity contribution < 1.29 is 9.59 Å². The molecule has 0 saturated carbocycles. The van der Waals surface area contributed by atoms with Gasteiger partial charge in [-0.25, -0.2) is 0 Å². The zero-order valence-electron chi connectivity index (χ0n) is 14.8. The summed E-state index contributed by atoms with van der Waals surface area (Å²) in [4.78, 5) is 30.4. The number of amides is 2. The Kier molecular flexibility index (Phi) is 5.06. The zero-order valence-corrected chi connectivity index (χ0v) is 15.6. The van der Waals surface area contributed by atoms with E-state index in [1.165, 1.54) is 4.88 Å². The molecule has 2 atom stereocenters. The van der Waals surface area contributed by atoms with Crippen molar-refractivity contribution in [2.45, 2.75) is 38.3 Å². The van der Waals surface area contributed by atoms with Crippen LogP contribution in [-0.2, 0) is 22.6 Å². The first-order valence-corrected chi connectivity index (χ1v) is 10.2. The van der Waals surface area contributed by atoms with Gasteiger partial charge >= 0.3 is 0 Å². The van der Waals surface area contributed by atoms with Gasteiger partial charge in [-0.3, -0.25) is 14.3 Å². The minimum absolute atomic E-state index is 0.120. The van der Waals surface area contributed by atoms with Crippen LogP contribution < -0.4 is 0 Å². The average Bonchev–Trinajstić information content (AvgIpc) is 3.34. The fraction of sp³-hybridized carbons (Fsp3) is 0.526. The SMILES string of the molecule is O=C(Cn1cccn1)N1CC[C@@H]2[C@@H](CCC(=O)N2CCc2cccs2)C1. The summed E-state index contributed by atoms with van der Waals surface area (Å²) in [7, 11) is 0. The molecule has 0 unspecified atom stereocenters. The molecule has 2 fully saturated rings. The van der Waals surface area contributed by atoms with E-state index < -0.39 is 0 Å². The van der Waals surface area contributed by atoms with Crippen LogP contribution in [0.5, 0.6) is 0 Å². The molecule has 2 saturated heterocycles. The zero-order chi connectivity index (χ0) is 17.9. The standard InChI is InChI=1S/C19H24N4O2S/c24-18-5-4-15-13-21(19(25)14-22-9-2-8-20-22)10-7-17(15)23(18)11-6-16-3-1-12-26-16/h1-3,8-9,12,15,17H,4-7,10-11,13-14H2/t15-,17+/m0/s1. The molecule has 6 nitrogen and oxygen atoms in total. The highest BCUT2D eigenvalue weighted by Crippen LogP contribution is 2.31. The molecule has 7 heteroatoms. The first kappa shape index (κ1) is 17.3. The third-order valence-corrected chi connectivity index (χ3v) is 6.47. The Morgan fingerprint density at radius 1 is 1.31 bits per heavy atom. The molecule has 2 aliphatic rings. The maximum absolute atomic E-state index is 12.6. The van der Waals surface area contributed by atoms with E-state index in [2.05, 4.69) is 27.5 Å². The highest BCUT2D eigenvalue weighted by molar-refractivity contribution is 7.09. The molecule has 0 N–H and O–H groups in total. The number of rotatable bonds is 5. The number of carbonyl (C=O) groups excluding carboxylic acids is 2. The lowest BCUT2D eigenvalue weighted by Crippen LogP contribution is -2.57. The lowest BCUT2D eigenvalue weighted by Gasteiger charge is -2.47. The van der Waals surface area contributed by atoms with Crippen molar-refractivity contribution in [1.82, 2.24) is 19.6 Å². The minimum Gasteiger partial charge on any atom is -0.341 e. The van der Waals surface area contributed by atoms with Crippen LogP contribution in [0.2, 0.25) is 0 Å². The van der Waals surface area contributed by atoms with E-state index in [0.29, 0.717) is 18.9 Å². The van der Waals surface area contributed by atoms with Crippen molar-refractivity contribution in [3.63, 3.8) is 0 Å². The summed E-state index contributed by atoms with van der Waals surface area (Å²) in [6.07, 6.45) is 6.81. The van der Waals surface area contributed by atoms with Gasteiger partial charge in [0.05, 0.1) is 0 Å². The molecule has 0 aromatic carbocycles. The Balaban J connectivity index is 1.37. The molecule has 2 aromatic rings. The van der Waals surface area contributed by atoms with Crippen molar-refractivity contribution >= 4 is 23.2 Å². The van der Waals surface area contributed by atoms with Gasteiger partial charge < -0.3 is 9.80 Å². The van der Waals surface area contributed by atoms with E-state index in [0.717, 1.165) is 38.9 Å². The maximum atomic E-state index is 12.6. The quantitative estimate of drug-likeness (QED) is 0.807. The fourth-order valence-corrected chi connectivity index (χ4v) is 4.88. The Morgan fingerprint density at radius 3 is 3.00 bits per heavy atom. The van der Waals surface area contributed by atoms with Gasteiger partial charge in [0.1, 0.15) is 6.54 Å². The fourth-order valence-electron chi connectivity index (χ4n) is 4.19. The molecular weight excluding hydrogens is 348 g/mol. The van der Waals surface area contributed by atoms with Crippen molar-refractivity contribution in [3.8, 4) is 0 Å². The smallest absolute Gasteiger partial charge is 0.244 e. The first-order chi connectivity index (χ1) is 12.7. The van der Waals surface area contributed by atoms with Crippen LogP contribution in [0, 0.1) is 5.92 Å². The van der Waals surface area contributed by atoms with E-state index in [4.69, 9.17) is 0 Å². The summed E-state index contributed by atoms with van der Waals surface area (Å²) in [5.74, 6) is 0.791. The number of aromatic nitrogens is 2. The normalized spacial score (nSPS) is 23.2. The number of likely N-dealkylation sites (tertiary alicyclic amines) is 2. The second kappa shape index (κ2) is 7.61. The van der Waals surface area contributed by atoms with Crippen LogP contribution >= 0.6 is 11.3 Å². The van der Waals surface area contributed by atoms with Crippen LogP contribution in [0.4, 0.5) is 0 Å². The number of thiophene rings is 1. The van der Waals surface area contributed by atoms with Crippen molar-refractivity contribution in [3.05, 3.63) is 40.8 Å². The number of carbonyl (C=O) groups is 2. The maximum Gasteiger partial charge on any atom is 0.244 e. The molecule has 0 bridgehead atoms. The molecule has 2 aliphatic heterocycles. The first-order valence-electron chi connectivity index (χ1n) is 9.28. The van der Waals surface area contributed by atoms with Gasteiger partial charge in [-0.15, -0.1) is 11.3 Å². The Morgan fingerprint density at radius 2 is 2.23 bits per heavy atom. The molecule has 2 aromatic heterocycles. The summed E-state index contributed by atoms with van der Waals surface area (Å²) >= 11 is 1.75. The molecule has 4 heterocycles. The molecule has 2 amide bonds. The van der Waals surface area contributed by atoms with Crippen molar-refractivity contribution in [2.75, 3.05) is 19.6 Å². The molecular formula is C19H24N4O2S. The number of nitrogens with zero attached hydrogens (tertiary/aromatic N) is 4. The average molecular weight is 372 g/mol. The summed E-state index contributed by atoms with van der Waals surface area (Å²) < 4.78 is 1.67. The Hall–Kier alpha value is -2.15. The molecule has 4 rings (SSSR count).